The van der Waals surface area contributed by atoms with Gasteiger partial charge in [0.2, 0.25) is 0 Å². The molecule has 0 saturated heterocycles. The van der Waals surface area contributed by atoms with Gasteiger partial charge in [0, 0.05) is 16.4 Å². The number of hydrogen-bond acceptors (Lipinski definition) is 1. The van der Waals surface area contributed by atoms with Gasteiger partial charge in [-0.1, -0.05) is 22.0 Å². The number of rotatable bonds is 1. The molecule has 1 fully saturated rings. The highest BCUT2D eigenvalue weighted by Crippen LogP contribution is 2.42. The molecule has 2 atom stereocenters. The van der Waals surface area contributed by atoms with E-state index in [4.69, 9.17) is 5.73 Å². The number of halogens is 4. The molecule has 0 aromatic heterocycles. The minimum Gasteiger partial charge on any atom is -0.327 e. The first-order valence-corrected chi connectivity index (χ1v) is 5.31. The fraction of sp³-hybridized carbons (Fsp3) is 0.400. The smallest absolute Gasteiger partial charge is 0.327 e. The maximum absolute atomic E-state index is 12.5. The summed E-state index contributed by atoms with van der Waals surface area (Å²) in [5.41, 5.74) is 5.66. The molecule has 2 rings (SSSR count). The molecule has 1 aliphatic carbocycles. The van der Waals surface area contributed by atoms with Crippen molar-refractivity contribution in [3.8, 4) is 0 Å². The van der Waals surface area contributed by atoms with Crippen LogP contribution in [0.3, 0.4) is 0 Å². The third-order valence-electron chi connectivity index (χ3n) is 2.56. The van der Waals surface area contributed by atoms with Crippen molar-refractivity contribution < 1.29 is 13.2 Å². The van der Waals surface area contributed by atoms with Gasteiger partial charge in [-0.15, -0.1) is 0 Å². The molecule has 0 aliphatic heterocycles. The van der Waals surface area contributed by atoms with Gasteiger partial charge in [0.05, 0.1) is 5.56 Å². The number of nitrogens with two attached hydrogens (primary N) is 1. The Labute approximate surface area is 93.6 Å². The SMILES string of the molecule is NC1CC1c1ccc(Br)c(C(F)(F)F)c1. The normalized spacial score (nSPS) is 25.4. The van der Waals surface area contributed by atoms with Gasteiger partial charge in [0.25, 0.3) is 0 Å². The van der Waals surface area contributed by atoms with Crippen LogP contribution in [0, 0.1) is 0 Å². The Kier molecular flexibility index (Phi) is 2.55. The van der Waals surface area contributed by atoms with Crippen molar-refractivity contribution in [1.82, 2.24) is 0 Å². The Morgan fingerprint density at radius 2 is 1.93 bits per heavy atom. The van der Waals surface area contributed by atoms with Crippen molar-refractivity contribution in [2.75, 3.05) is 0 Å². The lowest BCUT2D eigenvalue weighted by Gasteiger charge is -2.10. The summed E-state index contributed by atoms with van der Waals surface area (Å²) in [7, 11) is 0. The molecule has 1 nitrogen and oxygen atoms in total. The van der Waals surface area contributed by atoms with E-state index < -0.39 is 11.7 Å². The van der Waals surface area contributed by atoms with Crippen molar-refractivity contribution in [3.63, 3.8) is 0 Å². The summed E-state index contributed by atoms with van der Waals surface area (Å²) in [5, 5.41) is 0. The van der Waals surface area contributed by atoms with Gasteiger partial charge >= 0.3 is 6.18 Å². The van der Waals surface area contributed by atoms with Gasteiger partial charge in [-0.05, 0) is 24.1 Å². The zero-order valence-corrected chi connectivity index (χ0v) is 9.27. The lowest BCUT2D eigenvalue weighted by molar-refractivity contribution is -0.138. The standard InChI is InChI=1S/C10H9BrF3N/c11-8-2-1-5(6-4-9(6)15)3-7(8)10(12,13)14/h1-3,6,9H,4,15H2. The Morgan fingerprint density at radius 3 is 2.40 bits per heavy atom. The van der Waals surface area contributed by atoms with Crippen molar-refractivity contribution in [2.45, 2.75) is 24.6 Å². The third-order valence-corrected chi connectivity index (χ3v) is 3.26. The summed E-state index contributed by atoms with van der Waals surface area (Å²) in [5.74, 6) is 0.0965. The molecular formula is C10H9BrF3N. The Bertz CT molecular complexity index is 389. The van der Waals surface area contributed by atoms with Crippen LogP contribution in [0.1, 0.15) is 23.5 Å². The second-order valence-electron chi connectivity index (χ2n) is 3.74. The predicted molar refractivity (Wildman–Crippen MR) is 54.5 cm³/mol. The monoisotopic (exact) mass is 279 g/mol. The van der Waals surface area contributed by atoms with Crippen LogP contribution in [0.2, 0.25) is 0 Å². The van der Waals surface area contributed by atoms with Gasteiger partial charge in [-0.3, -0.25) is 0 Å². The van der Waals surface area contributed by atoms with Gasteiger partial charge in [0.1, 0.15) is 0 Å². The van der Waals surface area contributed by atoms with Crippen molar-refractivity contribution >= 4 is 15.9 Å². The Balaban J connectivity index is 2.37. The quantitative estimate of drug-likeness (QED) is 0.839. The average Bonchev–Trinajstić information content (AvgIpc) is 2.81. The number of hydrogen-bond donors (Lipinski definition) is 1. The van der Waals surface area contributed by atoms with E-state index in [0.29, 0.717) is 5.56 Å². The first-order valence-electron chi connectivity index (χ1n) is 4.52. The van der Waals surface area contributed by atoms with Crippen LogP contribution in [0.15, 0.2) is 22.7 Å². The van der Waals surface area contributed by atoms with E-state index in [1.54, 1.807) is 6.07 Å². The third kappa shape index (κ3) is 2.18. The fourth-order valence-electron chi connectivity index (χ4n) is 1.59. The molecule has 1 aromatic rings. The van der Waals surface area contributed by atoms with Crippen molar-refractivity contribution in [1.29, 1.82) is 0 Å². The summed E-state index contributed by atoms with van der Waals surface area (Å²) >= 11 is 2.90. The summed E-state index contributed by atoms with van der Waals surface area (Å²) < 4.78 is 37.7. The van der Waals surface area contributed by atoms with E-state index in [9.17, 15) is 13.2 Å². The van der Waals surface area contributed by atoms with Crippen LogP contribution in [0.5, 0.6) is 0 Å². The van der Waals surface area contributed by atoms with E-state index in [0.717, 1.165) is 6.42 Å². The van der Waals surface area contributed by atoms with Crippen LogP contribution in [0.4, 0.5) is 13.2 Å². The molecule has 1 aromatic carbocycles. The zero-order valence-electron chi connectivity index (χ0n) is 7.68. The van der Waals surface area contributed by atoms with E-state index >= 15 is 0 Å². The Morgan fingerprint density at radius 1 is 1.33 bits per heavy atom. The molecule has 0 heterocycles. The van der Waals surface area contributed by atoms with Gasteiger partial charge in [-0.2, -0.15) is 13.2 Å². The van der Waals surface area contributed by atoms with Crippen molar-refractivity contribution in [2.24, 2.45) is 5.73 Å². The van der Waals surface area contributed by atoms with Crippen LogP contribution in [-0.2, 0) is 6.18 Å². The minimum absolute atomic E-state index is 0.0206. The van der Waals surface area contributed by atoms with Crippen LogP contribution in [0.25, 0.3) is 0 Å². The largest absolute Gasteiger partial charge is 0.417 e. The van der Waals surface area contributed by atoms with Gasteiger partial charge in [0.15, 0.2) is 0 Å². The number of alkyl halides is 3. The average molecular weight is 280 g/mol. The molecule has 0 radical (unpaired) electrons. The predicted octanol–water partition coefficient (Wildman–Crippen LogP) is 3.28. The molecule has 1 saturated carbocycles. The van der Waals surface area contributed by atoms with Gasteiger partial charge < -0.3 is 5.73 Å². The lowest BCUT2D eigenvalue weighted by Crippen LogP contribution is -2.07. The lowest BCUT2D eigenvalue weighted by atomic mass is 10.1. The first kappa shape index (κ1) is 11.0. The van der Waals surface area contributed by atoms with E-state index in [1.807, 2.05) is 0 Å². The molecule has 82 valence electrons. The summed E-state index contributed by atoms with van der Waals surface area (Å²) in [6.45, 7) is 0. The topological polar surface area (TPSA) is 26.0 Å². The van der Waals surface area contributed by atoms with E-state index in [1.165, 1.54) is 12.1 Å². The van der Waals surface area contributed by atoms with Crippen molar-refractivity contribution in [3.05, 3.63) is 33.8 Å². The summed E-state index contributed by atoms with van der Waals surface area (Å²) in [4.78, 5) is 0. The van der Waals surface area contributed by atoms with Crippen LogP contribution >= 0.6 is 15.9 Å². The van der Waals surface area contributed by atoms with Crippen LogP contribution < -0.4 is 5.73 Å². The molecule has 1 aliphatic rings. The Hall–Kier alpha value is -0.550. The second-order valence-corrected chi connectivity index (χ2v) is 4.60. The maximum atomic E-state index is 12.5. The highest BCUT2D eigenvalue weighted by molar-refractivity contribution is 9.10. The molecule has 2 unspecified atom stereocenters. The molecular weight excluding hydrogens is 271 g/mol. The highest BCUT2D eigenvalue weighted by Gasteiger charge is 2.38. The maximum Gasteiger partial charge on any atom is 0.417 e. The second kappa shape index (κ2) is 3.49. The summed E-state index contributed by atoms with van der Waals surface area (Å²) in [6.07, 6.45) is -3.53. The molecule has 0 amide bonds. The fourth-order valence-corrected chi connectivity index (χ4v) is 2.06. The highest BCUT2D eigenvalue weighted by atomic mass is 79.9. The molecule has 0 bridgehead atoms. The summed E-state index contributed by atoms with van der Waals surface area (Å²) in [6, 6.07) is 4.33. The van der Waals surface area contributed by atoms with Crippen LogP contribution in [-0.4, -0.2) is 6.04 Å². The van der Waals surface area contributed by atoms with E-state index in [2.05, 4.69) is 15.9 Å². The molecule has 15 heavy (non-hydrogen) atoms. The first-order chi connectivity index (χ1) is 6.89. The minimum atomic E-state index is -4.31. The zero-order chi connectivity index (χ0) is 11.2. The molecule has 2 N–H and O–H groups in total. The van der Waals surface area contributed by atoms with Gasteiger partial charge in [-0.25, -0.2) is 0 Å². The number of benzene rings is 1. The molecule has 0 spiro atoms. The molecule has 5 heteroatoms. The van der Waals surface area contributed by atoms with E-state index in [-0.39, 0.29) is 16.4 Å².